The summed E-state index contributed by atoms with van der Waals surface area (Å²) in [5.74, 6) is 0. The topological polar surface area (TPSA) is 158 Å². The van der Waals surface area contributed by atoms with E-state index in [4.69, 9.17) is 18.9 Å². The van der Waals surface area contributed by atoms with Gasteiger partial charge in [0.05, 0.1) is 19.3 Å². The maximum absolute atomic E-state index is 10.7. The SMILES string of the molecule is COC1C(O)[C@H](OC2C(O)[C@H](C(C)(C)C)OC(CO)[C@H]2O)OC(CO)[C@H]1O. The Kier molecular flexibility index (Phi) is 7.59. The van der Waals surface area contributed by atoms with E-state index in [9.17, 15) is 30.6 Å². The molecule has 0 aromatic carbocycles. The van der Waals surface area contributed by atoms with E-state index >= 15 is 0 Å². The van der Waals surface area contributed by atoms with Crippen LogP contribution in [0.2, 0.25) is 0 Å². The highest BCUT2D eigenvalue weighted by atomic mass is 16.7. The number of hydrogen-bond acceptors (Lipinski definition) is 10. The van der Waals surface area contributed by atoms with Gasteiger partial charge in [0.2, 0.25) is 0 Å². The predicted molar refractivity (Wildman–Crippen MR) is 90.6 cm³/mol. The Balaban J connectivity index is 2.23. The molecule has 0 bridgehead atoms. The second-order valence-electron chi connectivity index (χ2n) is 8.13. The first-order valence-electron chi connectivity index (χ1n) is 9.00. The van der Waals surface area contributed by atoms with E-state index in [0.29, 0.717) is 0 Å². The Labute approximate surface area is 158 Å². The maximum atomic E-state index is 10.7. The average molecular weight is 396 g/mol. The van der Waals surface area contributed by atoms with E-state index in [1.165, 1.54) is 7.11 Å². The summed E-state index contributed by atoms with van der Waals surface area (Å²) in [5.41, 5.74) is -0.528. The number of methoxy groups -OCH3 is 1. The highest BCUT2D eigenvalue weighted by Crippen LogP contribution is 2.35. The van der Waals surface area contributed by atoms with Crippen LogP contribution in [0.3, 0.4) is 0 Å². The van der Waals surface area contributed by atoms with E-state index in [1.807, 2.05) is 20.8 Å². The largest absolute Gasteiger partial charge is 0.394 e. The summed E-state index contributed by atoms with van der Waals surface area (Å²) in [5, 5.41) is 60.5. The first-order valence-corrected chi connectivity index (χ1v) is 9.00. The molecular weight excluding hydrogens is 364 g/mol. The summed E-state index contributed by atoms with van der Waals surface area (Å²) in [4.78, 5) is 0. The van der Waals surface area contributed by atoms with Crippen molar-refractivity contribution in [2.24, 2.45) is 5.41 Å². The molecule has 0 spiro atoms. The second kappa shape index (κ2) is 8.95. The third-order valence-corrected chi connectivity index (χ3v) is 5.10. The average Bonchev–Trinajstić information content (AvgIpc) is 2.59. The Morgan fingerprint density at radius 2 is 1.30 bits per heavy atom. The highest BCUT2D eigenvalue weighted by Gasteiger charge is 2.52. The van der Waals surface area contributed by atoms with Gasteiger partial charge in [0.15, 0.2) is 6.29 Å². The number of rotatable bonds is 5. The third-order valence-electron chi connectivity index (χ3n) is 5.10. The van der Waals surface area contributed by atoms with Gasteiger partial charge < -0.3 is 49.6 Å². The van der Waals surface area contributed by atoms with Crippen LogP contribution in [0.1, 0.15) is 20.8 Å². The van der Waals surface area contributed by atoms with Crippen LogP contribution >= 0.6 is 0 Å². The molecule has 0 saturated carbocycles. The van der Waals surface area contributed by atoms with Crippen molar-refractivity contribution in [3.8, 4) is 0 Å². The first-order chi connectivity index (χ1) is 12.6. The zero-order valence-corrected chi connectivity index (χ0v) is 16.0. The van der Waals surface area contributed by atoms with Crippen LogP contribution in [0.15, 0.2) is 0 Å². The molecule has 2 saturated heterocycles. The van der Waals surface area contributed by atoms with Gasteiger partial charge in [-0.1, -0.05) is 20.8 Å². The minimum atomic E-state index is -1.43. The molecule has 0 radical (unpaired) electrons. The zero-order valence-electron chi connectivity index (χ0n) is 16.0. The number of ether oxygens (including phenoxy) is 4. The van der Waals surface area contributed by atoms with Crippen LogP contribution in [-0.2, 0) is 18.9 Å². The van der Waals surface area contributed by atoms with Gasteiger partial charge in [-0.05, 0) is 5.41 Å². The standard InChI is InChI=1S/C17H32O10/c1-17(2,3)15-11(22)14(10(21)7(5-18)25-15)27-16-12(23)13(24-4)9(20)8(6-19)26-16/h7-16,18-23H,5-6H2,1-4H3/t7?,8?,9-,10-,11?,12?,13?,14?,15-,16+/m1/s1. The van der Waals surface area contributed by atoms with Crippen LogP contribution < -0.4 is 0 Å². The van der Waals surface area contributed by atoms with Crippen molar-refractivity contribution >= 4 is 0 Å². The number of hydrogen-bond donors (Lipinski definition) is 6. The van der Waals surface area contributed by atoms with Crippen LogP contribution in [0, 0.1) is 5.41 Å². The van der Waals surface area contributed by atoms with Gasteiger partial charge in [-0.25, -0.2) is 0 Å². The normalized spacial score (nSPS) is 46.4. The molecule has 2 aliphatic heterocycles. The van der Waals surface area contributed by atoms with Gasteiger partial charge in [-0.3, -0.25) is 0 Å². The molecule has 2 rings (SSSR count). The molecule has 6 N–H and O–H groups in total. The number of aliphatic hydroxyl groups is 6. The van der Waals surface area contributed by atoms with E-state index in [0.717, 1.165) is 0 Å². The maximum Gasteiger partial charge on any atom is 0.187 e. The van der Waals surface area contributed by atoms with Gasteiger partial charge in [0.25, 0.3) is 0 Å². The minimum Gasteiger partial charge on any atom is -0.394 e. The fourth-order valence-electron chi connectivity index (χ4n) is 3.56. The lowest BCUT2D eigenvalue weighted by molar-refractivity contribution is -0.347. The molecule has 2 aliphatic rings. The van der Waals surface area contributed by atoms with E-state index in [2.05, 4.69) is 0 Å². The molecule has 0 aromatic rings. The summed E-state index contributed by atoms with van der Waals surface area (Å²) >= 11 is 0. The van der Waals surface area contributed by atoms with Gasteiger partial charge >= 0.3 is 0 Å². The van der Waals surface area contributed by atoms with E-state index in [1.54, 1.807) is 0 Å². The molecule has 10 heteroatoms. The summed E-state index contributed by atoms with van der Waals surface area (Å²) < 4.78 is 21.8. The summed E-state index contributed by atoms with van der Waals surface area (Å²) in [7, 11) is 1.28. The summed E-state index contributed by atoms with van der Waals surface area (Å²) in [6.45, 7) is 4.45. The molecule has 2 heterocycles. The Hall–Kier alpha value is -0.400. The Bertz CT molecular complexity index is 469. The zero-order chi connectivity index (χ0) is 20.5. The smallest absolute Gasteiger partial charge is 0.187 e. The van der Waals surface area contributed by atoms with Crippen LogP contribution in [0.4, 0.5) is 0 Å². The summed E-state index contributed by atoms with van der Waals surface area (Å²) in [6.07, 6.45) is -12.0. The Morgan fingerprint density at radius 1 is 0.778 bits per heavy atom. The van der Waals surface area contributed by atoms with Crippen LogP contribution in [0.5, 0.6) is 0 Å². The lowest BCUT2D eigenvalue weighted by Gasteiger charge is -2.49. The molecule has 6 unspecified atom stereocenters. The molecule has 0 amide bonds. The van der Waals surface area contributed by atoms with Crippen molar-refractivity contribution < 1.29 is 49.6 Å². The molecule has 160 valence electrons. The molecule has 10 nitrogen and oxygen atoms in total. The Morgan fingerprint density at radius 3 is 1.78 bits per heavy atom. The van der Waals surface area contributed by atoms with Crippen molar-refractivity contribution in [3.05, 3.63) is 0 Å². The minimum absolute atomic E-state index is 0.493. The van der Waals surface area contributed by atoms with Gasteiger partial charge in [0.1, 0.15) is 48.8 Å². The number of aliphatic hydroxyl groups excluding tert-OH is 6. The fourth-order valence-corrected chi connectivity index (χ4v) is 3.56. The lowest BCUT2D eigenvalue weighted by Crippen LogP contribution is -2.66. The molecule has 2 fully saturated rings. The molecular formula is C17H32O10. The highest BCUT2D eigenvalue weighted by molar-refractivity contribution is 4.98. The van der Waals surface area contributed by atoms with Crippen LogP contribution in [0.25, 0.3) is 0 Å². The van der Waals surface area contributed by atoms with Crippen molar-refractivity contribution in [1.82, 2.24) is 0 Å². The van der Waals surface area contributed by atoms with Gasteiger partial charge in [-0.2, -0.15) is 0 Å². The molecule has 0 aliphatic carbocycles. The van der Waals surface area contributed by atoms with Gasteiger partial charge in [-0.15, -0.1) is 0 Å². The lowest BCUT2D eigenvalue weighted by atomic mass is 9.80. The monoisotopic (exact) mass is 396 g/mol. The molecule has 0 aromatic heterocycles. The van der Waals surface area contributed by atoms with Gasteiger partial charge in [0, 0.05) is 7.11 Å². The first kappa shape index (κ1) is 22.9. The second-order valence-corrected chi connectivity index (χ2v) is 8.13. The van der Waals surface area contributed by atoms with Crippen molar-refractivity contribution in [2.45, 2.75) is 82.0 Å². The van der Waals surface area contributed by atoms with Crippen molar-refractivity contribution in [3.63, 3.8) is 0 Å². The van der Waals surface area contributed by atoms with E-state index < -0.39 is 79.9 Å². The van der Waals surface area contributed by atoms with Crippen molar-refractivity contribution in [2.75, 3.05) is 20.3 Å². The quantitative estimate of drug-likeness (QED) is 0.290. The van der Waals surface area contributed by atoms with Crippen LogP contribution in [-0.4, -0.2) is 112 Å². The fraction of sp³-hybridized carbons (Fsp3) is 1.00. The summed E-state index contributed by atoms with van der Waals surface area (Å²) in [6, 6.07) is 0. The third kappa shape index (κ3) is 4.61. The van der Waals surface area contributed by atoms with Crippen molar-refractivity contribution in [1.29, 1.82) is 0 Å². The van der Waals surface area contributed by atoms with E-state index in [-0.39, 0.29) is 0 Å². The predicted octanol–water partition coefficient (Wildman–Crippen LogP) is -2.65. The molecule has 27 heavy (non-hydrogen) atoms. The molecule has 10 atom stereocenters.